The van der Waals surface area contributed by atoms with Crippen LogP contribution in [0.1, 0.15) is 19.3 Å². The fourth-order valence-corrected chi connectivity index (χ4v) is 1.22. The number of ether oxygens (including phenoxy) is 2. The Hall–Kier alpha value is -0.804. The van der Waals surface area contributed by atoms with Gasteiger partial charge in [0.25, 0.3) is 5.69 Å². The molecule has 0 aliphatic carbocycles. The molecule has 102 valence electrons. The Morgan fingerprint density at radius 1 is 1.25 bits per heavy atom. The van der Waals surface area contributed by atoms with Crippen molar-refractivity contribution in [2.75, 3.05) is 6.61 Å². The molecule has 0 amide bonds. The summed E-state index contributed by atoms with van der Waals surface area (Å²) < 4.78 is 9.54. The average molecular weight is 305 g/mol. The fraction of sp³-hybridized carbons (Fsp3) is 0.333. The summed E-state index contributed by atoms with van der Waals surface area (Å²) in [6.45, 7) is 0.146. The van der Waals surface area contributed by atoms with E-state index in [9.17, 15) is 19.7 Å². The number of carbonyl (C=O) groups is 1. The first-order valence-electron chi connectivity index (χ1n) is 5.57. The number of rotatable bonds is 7. The molecule has 20 heavy (non-hydrogen) atoms. The molecule has 8 heteroatoms. The van der Waals surface area contributed by atoms with Gasteiger partial charge >= 0.3 is 57.5 Å². The van der Waals surface area contributed by atoms with E-state index >= 15 is 0 Å². The SMILES string of the molecule is O=[C-]CCCCOC(=O)Oc1ccc([N+](=O)[O-])cc1.[K+]. The number of non-ortho nitro benzene ring substituents is 1. The summed E-state index contributed by atoms with van der Waals surface area (Å²) in [5.74, 6) is 0.164. The third-order valence-electron chi connectivity index (χ3n) is 2.14. The van der Waals surface area contributed by atoms with Crippen LogP contribution >= 0.6 is 0 Å². The van der Waals surface area contributed by atoms with Crippen LogP contribution in [0, 0.1) is 10.1 Å². The number of nitro benzene ring substituents is 1. The molecule has 0 saturated carbocycles. The van der Waals surface area contributed by atoms with Gasteiger partial charge in [0.15, 0.2) is 0 Å². The number of nitro groups is 1. The van der Waals surface area contributed by atoms with Crippen molar-refractivity contribution in [1.29, 1.82) is 0 Å². The zero-order valence-corrected chi connectivity index (χ0v) is 14.2. The first kappa shape index (κ1) is 19.2. The van der Waals surface area contributed by atoms with E-state index in [1.54, 1.807) is 6.29 Å². The summed E-state index contributed by atoms with van der Waals surface area (Å²) in [4.78, 5) is 31.0. The van der Waals surface area contributed by atoms with E-state index < -0.39 is 11.1 Å². The summed E-state index contributed by atoms with van der Waals surface area (Å²) in [6, 6.07) is 5.06. The van der Waals surface area contributed by atoms with Crippen LogP contribution in [0.15, 0.2) is 24.3 Å². The molecule has 1 aromatic carbocycles. The van der Waals surface area contributed by atoms with Gasteiger partial charge in [-0.25, -0.2) is 4.79 Å². The van der Waals surface area contributed by atoms with E-state index in [1.807, 2.05) is 0 Å². The molecule has 0 radical (unpaired) electrons. The van der Waals surface area contributed by atoms with Crippen LogP contribution in [0.3, 0.4) is 0 Å². The minimum absolute atomic E-state index is 0. The number of carbonyl (C=O) groups excluding carboxylic acids is 2. The minimum Gasteiger partial charge on any atom is -0.542 e. The molecule has 0 unspecified atom stereocenters. The fourth-order valence-electron chi connectivity index (χ4n) is 1.22. The molecule has 7 nitrogen and oxygen atoms in total. The van der Waals surface area contributed by atoms with Crippen molar-refractivity contribution in [3.8, 4) is 5.75 Å². The van der Waals surface area contributed by atoms with Gasteiger partial charge < -0.3 is 14.3 Å². The number of nitrogens with zero attached hydrogens (tertiary/aromatic N) is 1. The molecule has 0 aromatic heterocycles. The molecular weight excluding hydrogens is 293 g/mol. The van der Waals surface area contributed by atoms with Gasteiger partial charge in [-0.1, -0.05) is 6.42 Å². The third kappa shape index (κ3) is 7.70. The largest absolute Gasteiger partial charge is 1.00 e. The monoisotopic (exact) mass is 305 g/mol. The Bertz CT molecular complexity index is 448. The second-order valence-corrected chi connectivity index (χ2v) is 3.55. The van der Waals surface area contributed by atoms with Gasteiger partial charge in [0, 0.05) is 12.1 Å². The van der Waals surface area contributed by atoms with Gasteiger partial charge in [-0.2, -0.15) is 6.42 Å². The van der Waals surface area contributed by atoms with Crippen LogP contribution < -0.4 is 56.1 Å². The van der Waals surface area contributed by atoms with Crippen LogP contribution in [-0.4, -0.2) is 24.0 Å². The molecule has 0 saturated heterocycles. The van der Waals surface area contributed by atoms with E-state index in [0.29, 0.717) is 19.3 Å². The molecule has 0 N–H and O–H groups in total. The average Bonchev–Trinajstić information content (AvgIpc) is 2.39. The standard InChI is InChI=1S/C12H12NO6.K/c14-8-2-1-3-9-18-12(15)19-11-6-4-10(5-7-11)13(16)17;/h4-7H,1-3,9H2;/q-1;+1. The predicted molar refractivity (Wildman–Crippen MR) is 64.6 cm³/mol. The number of benzene rings is 1. The van der Waals surface area contributed by atoms with Gasteiger partial charge in [-0.15, -0.1) is 0 Å². The van der Waals surface area contributed by atoms with Gasteiger partial charge in [0.1, 0.15) is 5.75 Å². The summed E-state index contributed by atoms with van der Waals surface area (Å²) in [7, 11) is 0. The van der Waals surface area contributed by atoms with E-state index in [0.717, 1.165) is 0 Å². The zero-order valence-electron chi connectivity index (χ0n) is 11.0. The molecule has 0 aliphatic rings. The van der Waals surface area contributed by atoms with Crippen LogP contribution in [0.5, 0.6) is 5.75 Å². The Labute approximate surface area is 158 Å². The van der Waals surface area contributed by atoms with Crippen LogP contribution in [-0.2, 0) is 9.53 Å². The van der Waals surface area contributed by atoms with E-state index in [-0.39, 0.29) is 69.4 Å². The maximum Gasteiger partial charge on any atom is 1.00 e. The molecule has 0 fully saturated rings. The smallest absolute Gasteiger partial charge is 0.542 e. The molecular formula is C12H12KNO6. The third-order valence-corrected chi connectivity index (χ3v) is 2.14. The summed E-state index contributed by atoms with van der Waals surface area (Å²) in [5, 5.41) is 10.4. The normalized spacial score (nSPS) is 9.20. The summed E-state index contributed by atoms with van der Waals surface area (Å²) >= 11 is 0. The molecule has 0 spiro atoms. The van der Waals surface area contributed by atoms with Gasteiger partial charge in [0.05, 0.1) is 11.5 Å². The molecule has 0 heterocycles. The Balaban J connectivity index is 0.00000361. The van der Waals surface area contributed by atoms with Crippen molar-refractivity contribution in [2.24, 2.45) is 0 Å². The first-order chi connectivity index (χ1) is 9.13. The second kappa shape index (κ2) is 10.9. The van der Waals surface area contributed by atoms with Gasteiger partial charge in [0.2, 0.25) is 0 Å². The van der Waals surface area contributed by atoms with Crippen molar-refractivity contribution < 1.29 is 75.4 Å². The molecule has 0 atom stereocenters. The van der Waals surface area contributed by atoms with Crippen molar-refractivity contribution in [3.63, 3.8) is 0 Å². The maximum absolute atomic E-state index is 11.2. The Kier molecular flexibility index (Phi) is 10.5. The van der Waals surface area contributed by atoms with Crippen molar-refractivity contribution >= 4 is 18.1 Å². The quantitative estimate of drug-likeness (QED) is 0.127. The summed E-state index contributed by atoms with van der Waals surface area (Å²) in [6.07, 6.45) is 2.29. The van der Waals surface area contributed by atoms with Gasteiger partial charge in [-0.05, 0) is 18.6 Å². The second-order valence-electron chi connectivity index (χ2n) is 3.55. The van der Waals surface area contributed by atoms with E-state index in [4.69, 9.17) is 9.47 Å². The molecule has 0 bridgehead atoms. The maximum atomic E-state index is 11.2. The number of unbranched alkanes of at least 4 members (excludes halogenated alkanes) is 2. The predicted octanol–water partition coefficient (Wildman–Crippen LogP) is -0.606. The van der Waals surface area contributed by atoms with E-state index in [1.165, 1.54) is 24.3 Å². The minimum atomic E-state index is -0.885. The van der Waals surface area contributed by atoms with Crippen LogP contribution in [0.2, 0.25) is 0 Å². The van der Waals surface area contributed by atoms with E-state index in [2.05, 4.69) is 0 Å². The number of hydrogen-bond donors (Lipinski definition) is 0. The molecule has 0 aliphatic heterocycles. The Morgan fingerprint density at radius 2 is 1.90 bits per heavy atom. The molecule has 1 aromatic rings. The van der Waals surface area contributed by atoms with Crippen molar-refractivity contribution in [2.45, 2.75) is 19.3 Å². The van der Waals surface area contributed by atoms with Crippen LogP contribution in [0.4, 0.5) is 10.5 Å². The van der Waals surface area contributed by atoms with Gasteiger partial charge in [-0.3, -0.25) is 16.4 Å². The topological polar surface area (TPSA) is 95.7 Å². The van der Waals surface area contributed by atoms with Crippen molar-refractivity contribution in [3.05, 3.63) is 34.4 Å². The first-order valence-corrected chi connectivity index (χ1v) is 5.57. The van der Waals surface area contributed by atoms with Crippen LogP contribution in [0.25, 0.3) is 0 Å². The number of hydrogen-bond acceptors (Lipinski definition) is 6. The summed E-state index contributed by atoms with van der Waals surface area (Å²) in [5.41, 5.74) is -0.0918. The Morgan fingerprint density at radius 3 is 2.45 bits per heavy atom. The van der Waals surface area contributed by atoms with Crippen molar-refractivity contribution in [1.82, 2.24) is 0 Å². The zero-order chi connectivity index (χ0) is 14.1. The molecule has 1 rings (SSSR count).